The Labute approximate surface area is 85.9 Å². The number of hydrogen-bond donors (Lipinski definition) is 1. The predicted molar refractivity (Wildman–Crippen MR) is 45.5 cm³/mol. The molecule has 15 heavy (non-hydrogen) atoms. The van der Waals surface area contributed by atoms with Crippen molar-refractivity contribution in [2.24, 2.45) is 0 Å². The van der Waals surface area contributed by atoms with Crippen molar-refractivity contribution >= 4 is 11.9 Å². The molecule has 6 nitrogen and oxygen atoms in total. The van der Waals surface area contributed by atoms with Crippen LogP contribution in [0.3, 0.4) is 0 Å². The fourth-order valence-corrected chi connectivity index (χ4v) is 2.39. The average Bonchev–Trinajstić information content (AvgIpc) is 2.43. The average molecular weight is 213 g/mol. The number of esters is 2. The van der Waals surface area contributed by atoms with Crippen molar-refractivity contribution in [1.82, 2.24) is 5.32 Å². The molecule has 0 aliphatic carbocycles. The first kappa shape index (κ1) is 9.11. The highest BCUT2D eigenvalue weighted by Crippen LogP contribution is 2.48. The van der Waals surface area contributed by atoms with E-state index in [1.165, 1.54) is 0 Å². The molecule has 1 unspecified atom stereocenters. The van der Waals surface area contributed by atoms with E-state index in [0.29, 0.717) is 13.0 Å². The first-order chi connectivity index (χ1) is 7.13. The molecule has 0 aromatic carbocycles. The molecule has 0 amide bonds. The van der Waals surface area contributed by atoms with Gasteiger partial charge in [-0.2, -0.15) is 0 Å². The highest BCUT2D eigenvalue weighted by molar-refractivity contribution is 6.31. The van der Waals surface area contributed by atoms with Crippen LogP contribution in [0.5, 0.6) is 0 Å². The molecule has 3 aliphatic rings. The van der Waals surface area contributed by atoms with Crippen LogP contribution < -0.4 is 5.32 Å². The fraction of sp³-hybridized carbons (Fsp3) is 0.778. The second-order valence-corrected chi connectivity index (χ2v) is 4.20. The fourth-order valence-electron chi connectivity index (χ4n) is 2.39. The zero-order valence-corrected chi connectivity index (χ0v) is 8.08. The van der Waals surface area contributed by atoms with Gasteiger partial charge < -0.3 is 14.8 Å². The van der Waals surface area contributed by atoms with Gasteiger partial charge in [0.2, 0.25) is 0 Å². The summed E-state index contributed by atoms with van der Waals surface area (Å²) >= 11 is 0. The quantitative estimate of drug-likeness (QED) is 0.423. The van der Waals surface area contributed by atoms with Crippen LogP contribution in [0.1, 0.15) is 19.3 Å². The molecule has 3 heterocycles. The van der Waals surface area contributed by atoms with Crippen molar-refractivity contribution in [3.05, 3.63) is 0 Å². The van der Waals surface area contributed by atoms with Gasteiger partial charge in [0, 0.05) is 6.54 Å². The first-order valence-corrected chi connectivity index (χ1v) is 5.00. The highest BCUT2D eigenvalue weighted by atomic mass is 16.9. The Balaban J connectivity index is 1.70. The van der Waals surface area contributed by atoms with Crippen LogP contribution in [0.15, 0.2) is 0 Å². The Morgan fingerprint density at radius 3 is 2.40 bits per heavy atom. The third kappa shape index (κ3) is 1.25. The van der Waals surface area contributed by atoms with E-state index in [1.807, 2.05) is 0 Å². The van der Waals surface area contributed by atoms with Crippen molar-refractivity contribution in [2.45, 2.75) is 30.8 Å². The number of piperidine rings is 1. The summed E-state index contributed by atoms with van der Waals surface area (Å²) in [5, 5.41) is 3.20. The predicted octanol–water partition coefficient (Wildman–Crippen LogP) is -0.717. The van der Waals surface area contributed by atoms with Crippen molar-refractivity contribution in [3.8, 4) is 0 Å². The molecule has 3 fully saturated rings. The second-order valence-electron chi connectivity index (χ2n) is 4.20. The molecule has 0 saturated carbocycles. The van der Waals surface area contributed by atoms with E-state index in [9.17, 15) is 9.59 Å². The molecule has 0 radical (unpaired) electrons. The van der Waals surface area contributed by atoms with Crippen LogP contribution in [-0.4, -0.2) is 36.6 Å². The zero-order chi connectivity index (χ0) is 10.5. The molecule has 3 rings (SSSR count). The van der Waals surface area contributed by atoms with Crippen LogP contribution in [0.2, 0.25) is 0 Å². The van der Waals surface area contributed by atoms with Gasteiger partial charge in [0.05, 0.1) is 12.0 Å². The van der Waals surface area contributed by atoms with Crippen LogP contribution in [0, 0.1) is 0 Å². The van der Waals surface area contributed by atoms with E-state index in [1.54, 1.807) is 0 Å². The molecule has 0 aromatic heterocycles. The van der Waals surface area contributed by atoms with Gasteiger partial charge >= 0.3 is 17.9 Å². The molecule has 1 atom stereocenters. The number of nitrogens with one attached hydrogen (secondary N) is 1. The number of hydrogen-bond acceptors (Lipinski definition) is 6. The SMILES string of the molecule is O=C1OC2(CC3(CCCNC3)O2)OC1=O. The lowest BCUT2D eigenvalue weighted by atomic mass is 9.84. The molecule has 82 valence electrons. The lowest BCUT2D eigenvalue weighted by molar-refractivity contribution is -0.444. The molecule has 2 spiro atoms. The molecule has 0 aromatic rings. The summed E-state index contributed by atoms with van der Waals surface area (Å²) in [6.07, 6.45) is 2.35. The van der Waals surface area contributed by atoms with Crippen LogP contribution in [-0.2, 0) is 23.8 Å². The van der Waals surface area contributed by atoms with Crippen LogP contribution >= 0.6 is 0 Å². The number of carbonyl (C=O) groups excluding carboxylic acids is 2. The van der Waals surface area contributed by atoms with E-state index in [0.717, 1.165) is 19.4 Å². The lowest BCUT2D eigenvalue weighted by Crippen LogP contribution is -2.66. The summed E-state index contributed by atoms with van der Waals surface area (Å²) in [4.78, 5) is 21.7. The maximum Gasteiger partial charge on any atom is 0.422 e. The monoisotopic (exact) mass is 213 g/mol. The topological polar surface area (TPSA) is 73.9 Å². The van der Waals surface area contributed by atoms with E-state index >= 15 is 0 Å². The van der Waals surface area contributed by atoms with E-state index in [2.05, 4.69) is 5.32 Å². The summed E-state index contributed by atoms with van der Waals surface area (Å²) < 4.78 is 15.0. The van der Waals surface area contributed by atoms with Gasteiger partial charge in [-0.05, 0) is 19.4 Å². The van der Waals surface area contributed by atoms with Crippen LogP contribution in [0.25, 0.3) is 0 Å². The number of ether oxygens (including phenoxy) is 3. The van der Waals surface area contributed by atoms with Gasteiger partial charge in [-0.25, -0.2) is 9.59 Å². The van der Waals surface area contributed by atoms with Crippen LogP contribution in [0.4, 0.5) is 0 Å². The van der Waals surface area contributed by atoms with Gasteiger partial charge in [0.15, 0.2) is 0 Å². The Morgan fingerprint density at radius 1 is 1.20 bits per heavy atom. The second kappa shape index (κ2) is 2.70. The van der Waals surface area contributed by atoms with Gasteiger partial charge in [0.1, 0.15) is 0 Å². The van der Waals surface area contributed by atoms with Gasteiger partial charge in [-0.3, -0.25) is 4.74 Å². The van der Waals surface area contributed by atoms with E-state index in [4.69, 9.17) is 14.2 Å². The molecular formula is C9H11NO5. The summed E-state index contributed by atoms with van der Waals surface area (Å²) in [6.45, 7) is 1.68. The van der Waals surface area contributed by atoms with Crippen molar-refractivity contribution in [3.63, 3.8) is 0 Å². The summed E-state index contributed by atoms with van der Waals surface area (Å²) in [6, 6.07) is 0. The smallest absolute Gasteiger partial charge is 0.389 e. The standard InChI is InChI=1S/C9H11NO5/c11-6-7(12)14-9(13-6)4-8(15-9)2-1-3-10-5-8/h10H,1-5H2. The first-order valence-electron chi connectivity index (χ1n) is 5.00. The Bertz CT molecular complexity index is 307. The molecule has 3 aliphatic heterocycles. The summed E-state index contributed by atoms with van der Waals surface area (Å²) in [5.74, 6) is -3.34. The summed E-state index contributed by atoms with van der Waals surface area (Å²) in [7, 11) is 0. The lowest BCUT2D eigenvalue weighted by Gasteiger charge is -2.51. The zero-order valence-electron chi connectivity index (χ0n) is 8.08. The van der Waals surface area contributed by atoms with Gasteiger partial charge in [-0.15, -0.1) is 0 Å². The Kier molecular flexibility index (Phi) is 1.64. The minimum Gasteiger partial charge on any atom is -0.389 e. The number of rotatable bonds is 0. The van der Waals surface area contributed by atoms with Gasteiger partial charge in [-0.1, -0.05) is 0 Å². The van der Waals surface area contributed by atoms with Gasteiger partial charge in [0.25, 0.3) is 0 Å². The summed E-state index contributed by atoms with van der Waals surface area (Å²) in [5.41, 5.74) is -0.316. The van der Waals surface area contributed by atoms with Crippen molar-refractivity contribution < 1.29 is 23.8 Å². The normalized spacial score (nSPS) is 37.6. The van der Waals surface area contributed by atoms with E-state index < -0.39 is 17.9 Å². The molecule has 3 saturated heterocycles. The molecular weight excluding hydrogens is 202 g/mol. The largest absolute Gasteiger partial charge is 0.422 e. The van der Waals surface area contributed by atoms with E-state index in [-0.39, 0.29) is 5.60 Å². The maximum absolute atomic E-state index is 10.9. The van der Waals surface area contributed by atoms with Crippen molar-refractivity contribution in [2.75, 3.05) is 13.1 Å². The minimum absolute atomic E-state index is 0.316. The molecule has 6 heteroatoms. The number of carbonyl (C=O) groups is 2. The molecule has 1 N–H and O–H groups in total. The minimum atomic E-state index is -1.41. The van der Waals surface area contributed by atoms with Crippen molar-refractivity contribution in [1.29, 1.82) is 0 Å². The maximum atomic E-state index is 10.9. The third-order valence-corrected chi connectivity index (χ3v) is 3.01. The molecule has 0 bridgehead atoms. The highest BCUT2D eigenvalue weighted by Gasteiger charge is 2.66. The Hall–Kier alpha value is -1.14. The Morgan fingerprint density at radius 2 is 1.87 bits per heavy atom. The third-order valence-electron chi connectivity index (χ3n) is 3.01.